The molecule has 2 aromatic heterocycles. The first-order valence-corrected chi connectivity index (χ1v) is 10.1. The van der Waals surface area contributed by atoms with E-state index < -0.39 is 24.1 Å². The molecule has 8 nitrogen and oxygen atoms in total. The van der Waals surface area contributed by atoms with Crippen molar-refractivity contribution in [2.45, 2.75) is 56.9 Å². The molecule has 2 aromatic rings. The normalized spacial score (nSPS) is 22.4. The molecule has 0 saturated carbocycles. The van der Waals surface area contributed by atoms with Gasteiger partial charge in [0.25, 0.3) is 0 Å². The van der Waals surface area contributed by atoms with Gasteiger partial charge in [-0.2, -0.15) is 18.3 Å². The Hall–Kier alpha value is -2.82. The lowest BCUT2D eigenvalue weighted by atomic mass is 9.81. The molecule has 31 heavy (non-hydrogen) atoms. The molecular formula is C20H24F3N5O3. The first-order valence-electron chi connectivity index (χ1n) is 10.1. The molecule has 1 fully saturated rings. The molecule has 0 aliphatic carbocycles. The van der Waals surface area contributed by atoms with Gasteiger partial charge in [-0.05, 0) is 32.8 Å². The Bertz CT molecular complexity index is 952. The zero-order valence-corrected chi connectivity index (χ0v) is 17.2. The minimum atomic E-state index is -5.00. The summed E-state index contributed by atoms with van der Waals surface area (Å²) in [6, 6.07) is 3.69. The van der Waals surface area contributed by atoms with Gasteiger partial charge in [0.15, 0.2) is 11.4 Å². The number of ether oxygens (including phenoxy) is 1. The molecule has 4 heterocycles. The monoisotopic (exact) mass is 439 g/mol. The van der Waals surface area contributed by atoms with Gasteiger partial charge in [0.05, 0.1) is 30.0 Å². The van der Waals surface area contributed by atoms with Crippen LogP contribution in [-0.2, 0) is 10.4 Å². The van der Waals surface area contributed by atoms with Crippen LogP contribution >= 0.6 is 0 Å². The van der Waals surface area contributed by atoms with Gasteiger partial charge in [-0.15, -0.1) is 0 Å². The fourth-order valence-electron chi connectivity index (χ4n) is 4.20. The highest BCUT2D eigenvalue weighted by atomic mass is 19.4. The van der Waals surface area contributed by atoms with E-state index in [1.54, 1.807) is 12.3 Å². The molecule has 2 aliphatic rings. The number of hydrogen-bond donors (Lipinski definition) is 3. The number of anilines is 2. The van der Waals surface area contributed by atoms with Gasteiger partial charge in [0, 0.05) is 30.8 Å². The number of hydrogen-bond acceptors (Lipinski definition) is 6. The Kier molecular flexibility index (Phi) is 5.32. The van der Waals surface area contributed by atoms with Crippen molar-refractivity contribution in [2.75, 3.05) is 23.3 Å². The van der Waals surface area contributed by atoms with Crippen molar-refractivity contribution in [3.05, 3.63) is 29.6 Å². The third-order valence-corrected chi connectivity index (χ3v) is 5.70. The van der Waals surface area contributed by atoms with E-state index in [0.29, 0.717) is 31.8 Å². The number of piperidine rings is 1. The molecule has 11 heteroatoms. The molecule has 4 rings (SSSR count). The molecule has 0 radical (unpaired) electrons. The summed E-state index contributed by atoms with van der Waals surface area (Å²) in [6.07, 6.45) is -3.22. The molecule has 1 amide bonds. The van der Waals surface area contributed by atoms with E-state index in [4.69, 9.17) is 4.74 Å². The van der Waals surface area contributed by atoms with Crippen molar-refractivity contribution in [3.8, 4) is 5.88 Å². The number of halogens is 3. The Balaban J connectivity index is 1.51. The standard InChI is InChI=1S/C20H24F3N5O3/c1-11(2)31-15-4-3-13(10-24-15)28-7-5-12(6-8-28)17-16-18(27-26-17)25-14(29)9-19(16,30)20(21,22)23/h3-4,10-12,30H,5-9H2,1-2H3,(H2,25,26,27,29). The highest BCUT2D eigenvalue weighted by Crippen LogP contribution is 2.49. The SMILES string of the molecule is CC(C)Oc1ccc(N2CCC(c3[nH]nc4c3C(O)(C(F)(F)F)CC(=O)N4)CC2)cn1. The lowest BCUT2D eigenvalue weighted by Crippen LogP contribution is -2.48. The second-order valence-corrected chi connectivity index (χ2v) is 8.23. The summed E-state index contributed by atoms with van der Waals surface area (Å²) >= 11 is 0. The van der Waals surface area contributed by atoms with E-state index in [1.165, 1.54) is 0 Å². The van der Waals surface area contributed by atoms with Gasteiger partial charge in [-0.3, -0.25) is 9.89 Å². The smallest absolute Gasteiger partial charge is 0.422 e. The number of aliphatic hydroxyl groups is 1. The van der Waals surface area contributed by atoms with E-state index in [9.17, 15) is 23.1 Å². The van der Waals surface area contributed by atoms with E-state index in [-0.39, 0.29) is 29.1 Å². The van der Waals surface area contributed by atoms with E-state index in [2.05, 4.69) is 25.4 Å². The highest BCUT2D eigenvalue weighted by Gasteiger charge is 2.61. The number of aromatic nitrogens is 3. The van der Waals surface area contributed by atoms with Gasteiger partial charge >= 0.3 is 6.18 Å². The van der Waals surface area contributed by atoms with E-state index in [1.807, 2.05) is 19.9 Å². The fourth-order valence-corrected chi connectivity index (χ4v) is 4.20. The average molecular weight is 439 g/mol. The molecular weight excluding hydrogens is 415 g/mol. The van der Waals surface area contributed by atoms with Crippen LogP contribution in [0, 0.1) is 0 Å². The number of carbonyl (C=O) groups is 1. The molecule has 3 N–H and O–H groups in total. The Labute approximate surface area is 176 Å². The summed E-state index contributed by atoms with van der Waals surface area (Å²) < 4.78 is 46.6. The lowest BCUT2D eigenvalue weighted by molar-refractivity contribution is -0.267. The Morgan fingerprint density at radius 3 is 2.58 bits per heavy atom. The van der Waals surface area contributed by atoms with Crippen molar-refractivity contribution in [1.29, 1.82) is 0 Å². The van der Waals surface area contributed by atoms with Crippen LogP contribution in [0.4, 0.5) is 24.7 Å². The van der Waals surface area contributed by atoms with Crippen LogP contribution in [0.2, 0.25) is 0 Å². The third kappa shape index (κ3) is 3.93. The Morgan fingerprint density at radius 1 is 1.29 bits per heavy atom. The molecule has 0 bridgehead atoms. The van der Waals surface area contributed by atoms with E-state index >= 15 is 0 Å². The summed E-state index contributed by atoms with van der Waals surface area (Å²) in [5, 5.41) is 19.3. The van der Waals surface area contributed by atoms with Gasteiger partial charge in [-0.25, -0.2) is 4.98 Å². The number of rotatable bonds is 4. The fraction of sp³-hybridized carbons (Fsp3) is 0.550. The van der Waals surface area contributed by atoms with Crippen LogP contribution in [0.15, 0.2) is 18.3 Å². The molecule has 1 atom stereocenters. The first-order chi connectivity index (χ1) is 14.6. The zero-order chi connectivity index (χ0) is 22.4. The minimum Gasteiger partial charge on any atom is -0.475 e. The van der Waals surface area contributed by atoms with Gasteiger partial charge in [0.1, 0.15) is 0 Å². The molecule has 1 saturated heterocycles. The molecule has 0 aromatic carbocycles. The number of nitrogens with one attached hydrogen (secondary N) is 2. The topological polar surface area (TPSA) is 103 Å². The van der Waals surface area contributed by atoms with Crippen molar-refractivity contribution in [2.24, 2.45) is 0 Å². The number of alkyl halides is 3. The second kappa shape index (κ2) is 7.70. The predicted octanol–water partition coefficient (Wildman–Crippen LogP) is 3.07. The molecule has 1 unspecified atom stereocenters. The Morgan fingerprint density at radius 2 is 2.00 bits per heavy atom. The number of fused-ring (bicyclic) bond motifs is 1. The van der Waals surface area contributed by atoms with Crippen LogP contribution in [0.25, 0.3) is 0 Å². The van der Waals surface area contributed by atoms with Crippen molar-refractivity contribution < 1.29 is 27.8 Å². The number of nitrogens with zero attached hydrogens (tertiary/aromatic N) is 3. The highest BCUT2D eigenvalue weighted by molar-refractivity contribution is 5.94. The summed E-state index contributed by atoms with van der Waals surface area (Å²) in [4.78, 5) is 18.1. The maximum atomic E-state index is 13.7. The molecule has 0 spiro atoms. The van der Waals surface area contributed by atoms with Crippen molar-refractivity contribution in [3.63, 3.8) is 0 Å². The summed E-state index contributed by atoms with van der Waals surface area (Å²) in [6.45, 7) is 5.03. The van der Waals surface area contributed by atoms with Crippen LogP contribution in [0.5, 0.6) is 5.88 Å². The largest absolute Gasteiger partial charge is 0.475 e. The average Bonchev–Trinajstić information content (AvgIpc) is 3.12. The minimum absolute atomic E-state index is 0.0227. The number of carbonyl (C=O) groups excluding carboxylic acids is 1. The molecule has 168 valence electrons. The van der Waals surface area contributed by atoms with E-state index in [0.717, 1.165) is 5.69 Å². The lowest BCUT2D eigenvalue weighted by Gasteiger charge is -2.37. The van der Waals surface area contributed by atoms with Gasteiger partial charge in [0.2, 0.25) is 11.8 Å². The number of H-pyrrole nitrogens is 1. The van der Waals surface area contributed by atoms with Crippen molar-refractivity contribution >= 4 is 17.4 Å². The number of amides is 1. The van der Waals surface area contributed by atoms with Crippen LogP contribution in [0.1, 0.15) is 50.3 Å². The van der Waals surface area contributed by atoms with Crippen LogP contribution in [0.3, 0.4) is 0 Å². The predicted molar refractivity (Wildman–Crippen MR) is 106 cm³/mol. The number of aromatic amines is 1. The maximum Gasteiger partial charge on any atom is 0.422 e. The first kappa shape index (κ1) is 21.4. The third-order valence-electron chi connectivity index (χ3n) is 5.70. The maximum absolute atomic E-state index is 13.7. The number of pyridine rings is 1. The summed E-state index contributed by atoms with van der Waals surface area (Å²) in [7, 11) is 0. The molecule has 2 aliphatic heterocycles. The van der Waals surface area contributed by atoms with Crippen LogP contribution in [-0.4, -0.2) is 51.6 Å². The van der Waals surface area contributed by atoms with Gasteiger partial charge in [-0.1, -0.05) is 0 Å². The summed E-state index contributed by atoms with van der Waals surface area (Å²) in [5.74, 6) is -0.893. The quantitative estimate of drug-likeness (QED) is 0.677. The van der Waals surface area contributed by atoms with Crippen molar-refractivity contribution in [1.82, 2.24) is 15.2 Å². The van der Waals surface area contributed by atoms with Crippen LogP contribution < -0.4 is 15.0 Å². The second-order valence-electron chi connectivity index (χ2n) is 8.23. The van der Waals surface area contributed by atoms with Gasteiger partial charge < -0.3 is 20.1 Å². The zero-order valence-electron chi connectivity index (χ0n) is 17.2. The summed E-state index contributed by atoms with van der Waals surface area (Å²) in [5.41, 5.74) is -2.48.